The second-order valence-electron chi connectivity index (χ2n) is 4.65. The van der Waals surface area contributed by atoms with Gasteiger partial charge in [0.1, 0.15) is 11.9 Å². The van der Waals surface area contributed by atoms with Crippen molar-refractivity contribution >= 4 is 24.1 Å². The zero-order valence-corrected chi connectivity index (χ0v) is 13.0. The van der Waals surface area contributed by atoms with E-state index in [1.54, 1.807) is 18.2 Å². The Morgan fingerprint density at radius 1 is 1.16 bits per heavy atom. The lowest BCUT2D eigenvalue weighted by Gasteiger charge is -2.14. The van der Waals surface area contributed by atoms with E-state index in [0.29, 0.717) is 5.56 Å². The maximum absolute atomic E-state index is 13.3. The van der Waals surface area contributed by atoms with Crippen LogP contribution in [0, 0.1) is 5.82 Å². The Kier molecular flexibility index (Phi) is 10.6. The van der Waals surface area contributed by atoms with Gasteiger partial charge >= 0.3 is 24.1 Å². The highest BCUT2D eigenvalue weighted by atomic mass is 19.1. The third-order valence-corrected chi connectivity index (χ3v) is 2.89. The Hall–Kier alpha value is -3.26. The molecule has 0 bridgehead atoms. The van der Waals surface area contributed by atoms with Gasteiger partial charge in [0, 0.05) is 13.0 Å². The summed E-state index contributed by atoms with van der Waals surface area (Å²) < 4.78 is 13.3. The zero-order chi connectivity index (χ0) is 19.2. The second kappa shape index (κ2) is 12.2. The normalized spacial score (nSPS) is 10.4. The van der Waals surface area contributed by atoms with Crippen molar-refractivity contribution in [2.75, 3.05) is 6.54 Å². The predicted octanol–water partition coefficient (Wildman–Crippen LogP) is 0.402. The van der Waals surface area contributed by atoms with E-state index in [0.717, 1.165) is 0 Å². The van der Waals surface area contributed by atoms with E-state index < -0.39 is 24.0 Å². The van der Waals surface area contributed by atoms with Crippen LogP contribution < -0.4 is 10.6 Å². The number of benzene rings is 1. The van der Waals surface area contributed by atoms with Gasteiger partial charge in [-0.2, -0.15) is 9.59 Å². The standard InChI is InChI=1S/C14H17FN2O5.CO2/c15-10-4-2-1-3-9(10)7-8-16-14(22)17-11(13(20)21)5-6-12(18)19;2-1-3/h1-4,11H,5-8H2,(H,18,19)(H,20,21)(H2,16,17,22);/t11-;/m0./s1. The van der Waals surface area contributed by atoms with E-state index in [2.05, 4.69) is 10.6 Å². The zero-order valence-electron chi connectivity index (χ0n) is 13.0. The van der Waals surface area contributed by atoms with Crippen LogP contribution in [0.3, 0.4) is 0 Å². The molecule has 9 nitrogen and oxygen atoms in total. The van der Waals surface area contributed by atoms with Crippen LogP contribution >= 0.6 is 0 Å². The number of rotatable bonds is 8. The molecule has 0 aliphatic rings. The quantitative estimate of drug-likeness (QED) is 0.526. The molecule has 0 radical (unpaired) electrons. The molecule has 0 spiro atoms. The summed E-state index contributed by atoms with van der Waals surface area (Å²) in [7, 11) is 0. The Morgan fingerprint density at radius 3 is 2.28 bits per heavy atom. The first-order valence-corrected chi connectivity index (χ1v) is 7.03. The Labute approximate surface area is 141 Å². The molecule has 1 atom stereocenters. The molecular weight excluding hydrogens is 339 g/mol. The summed E-state index contributed by atoms with van der Waals surface area (Å²) in [5, 5.41) is 22.0. The molecule has 1 rings (SSSR count). The van der Waals surface area contributed by atoms with Gasteiger partial charge < -0.3 is 20.8 Å². The maximum atomic E-state index is 13.3. The number of halogens is 1. The van der Waals surface area contributed by atoms with Crippen LogP contribution in [-0.2, 0) is 25.6 Å². The van der Waals surface area contributed by atoms with Gasteiger partial charge in [-0.15, -0.1) is 0 Å². The average molecular weight is 356 g/mol. The van der Waals surface area contributed by atoms with Gasteiger partial charge in [0.15, 0.2) is 0 Å². The van der Waals surface area contributed by atoms with Crippen molar-refractivity contribution in [2.45, 2.75) is 25.3 Å². The van der Waals surface area contributed by atoms with Gasteiger partial charge in [-0.25, -0.2) is 14.0 Å². The lowest BCUT2D eigenvalue weighted by molar-refractivity contribution is -0.191. The highest BCUT2D eigenvalue weighted by molar-refractivity contribution is 5.82. The number of carbonyl (C=O) groups excluding carboxylic acids is 3. The van der Waals surface area contributed by atoms with E-state index in [-0.39, 0.29) is 37.8 Å². The largest absolute Gasteiger partial charge is 0.481 e. The van der Waals surface area contributed by atoms with Crippen LogP contribution in [0.4, 0.5) is 9.18 Å². The van der Waals surface area contributed by atoms with E-state index in [4.69, 9.17) is 19.8 Å². The topological polar surface area (TPSA) is 150 Å². The van der Waals surface area contributed by atoms with E-state index in [1.165, 1.54) is 6.07 Å². The van der Waals surface area contributed by atoms with Crippen molar-refractivity contribution < 1.29 is 38.6 Å². The van der Waals surface area contributed by atoms with Crippen molar-refractivity contribution in [3.05, 3.63) is 35.6 Å². The van der Waals surface area contributed by atoms with Crippen LogP contribution in [0.1, 0.15) is 18.4 Å². The number of carboxylic acid groups (broad SMARTS) is 2. The van der Waals surface area contributed by atoms with Gasteiger partial charge in [-0.1, -0.05) is 18.2 Å². The summed E-state index contributed by atoms with van der Waals surface area (Å²) in [4.78, 5) is 49.1. The minimum Gasteiger partial charge on any atom is -0.481 e. The van der Waals surface area contributed by atoms with Gasteiger partial charge in [0.2, 0.25) is 0 Å². The van der Waals surface area contributed by atoms with E-state index in [1.807, 2.05) is 0 Å². The second-order valence-corrected chi connectivity index (χ2v) is 4.65. The summed E-state index contributed by atoms with van der Waals surface area (Å²) in [6, 6.07) is 4.09. The SMILES string of the molecule is O=C(O)CC[C@H](NC(=O)NCCc1ccccc1F)C(=O)O.O=C=O. The fraction of sp³-hybridized carbons (Fsp3) is 0.333. The summed E-state index contributed by atoms with van der Waals surface area (Å²) in [5.41, 5.74) is 0.434. The van der Waals surface area contributed by atoms with Crippen LogP contribution in [0.2, 0.25) is 0 Å². The number of amides is 2. The molecule has 2 amide bonds. The van der Waals surface area contributed by atoms with Crippen molar-refractivity contribution in [2.24, 2.45) is 0 Å². The van der Waals surface area contributed by atoms with Crippen LogP contribution in [0.15, 0.2) is 24.3 Å². The van der Waals surface area contributed by atoms with Crippen LogP contribution in [-0.4, -0.2) is 46.9 Å². The fourth-order valence-electron chi connectivity index (χ4n) is 1.75. The van der Waals surface area contributed by atoms with Crippen LogP contribution in [0.5, 0.6) is 0 Å². The molecule has 4 N–H and O–H groups in total. The lowest BCUT2D eigenvalue weighted by Crippen LogP contribution is -2.46. The molecule has 0 saturated heterocycles. The monoisotopic (exact) mass is 356 g/mol. The Bertz CT molecular complexity index is 630. The molecule has 0 saturated carbocycles. The lowest BCUT2D eigenvalue weighted by atomic mass is 10.1. The number of urea groups is 1. The van der Waals surface area contributed by atoms with Crippen LogP contribution in [0.25, 0.3) is 0 Å². The number of carbonyl (C=O) groups is 3. The smallest absolute Gasteiger partial charge is 0.373 e. The van der Waals surface area contributed by atoms with Gasteiger partial charge in [0.25, 0.3) is 0 Å². The number of aliphatic carboxylic acids is 2. The Morgan fingerprint density at radius 2 is 1.76 bits per heavy atom. The third-order valence-electron chi connectivity index (χ3n) is 2.89. The Balaban J connectivity index is 0.00000178. The highest BCUT2D eigenvalue weighted by Crippen LogP contribution is 2.06. The molecule has 0 aliphatic heterocycles. The molecule has 136 valence electrons. The van der Waals surface area contributed by atoms with Gasteiger partial charge in [-0.3, -0.25) is 4.79 Å². The molecule has 25 heavy (non-hydrogen) atoms. The molecule has 1 aromatic carbocycles. The molecular formula is C15H17FN2O7. The van der Waals surface area contributed by atoms with E-state index >= 15 is 0 Å². The van der Waals surface area contributed by atoms with Crippen molar-refractivity contribution in [1.82, 2.24) is 10.6 Å². The number of hydrogen-bond donors (Lipinski definition) is 4. The summed E-state index contributed by atoms with van der Waals surface area (Å²) in [6.07, 6.45) is -0.0785. The summed E-state index contributed by atoms with van der Waals surface area (Å²) in [5.74, 6) is -2.84. The fourth-order valence-corrected chi connectivity index (χ4v) is 1.75. The van der Waals surface area contributed by atoms with Crippen molar-refractivity contribution in [3.8, 4) is 0 Å². The first-order valence-electron chi connectivity index (χ1n) is 7.03. The first kappa shape index (κ1) is 21.7. The number of hydrogen-bond acceptors (Lipinski definition) is 5. The van der Waals surface area contributed by atoms with E-state index in [9.17, 15) is 18.8 Å². The third kappa shape index (κ3) is 10.2. The predicted molar refractivity (Wildman–Crippen MR) is 79.9 cm³/mol. The number of carboxylic acids is 2. The molecule has 0 heterocycles. The molecule has 0 fully saturated rings. The first-order chi connectivity index (χ1) is 11.8. The molecule has 0 aliphatic carbocycles. The van der Waals surface area contributed by atoms with Crippen molar-refractivity contribution in [1.29, 1.82) is 0 Å². The minimum atomic E-state index is -1.31. The van der Waals surface area contributed by atoms with Gasteiger partial charge in [-0.05, 0) is 24.5 Å². The molecule has 0 unspecified atom stereocenters. The highest BCUT2D eigenvalue weighted by Gasteiger charge is 2.20. The molecule has 10 heteroatoms. The van der Waals surface area contributed by atoms with Crippen molar-refractivity contribution in [3.63, 3.8) is 0 Å². The molecule has 0 aromatic heterocycles. The average Bonchev–Trinajstić information content (AvgIpc) is 2.53. The minimum absolute atomic E-state index is 0.123. The summed E-state index contributed by atoms with van der Waals surface area (Å²) in [6.45, 7) is 0.123. The maximum Gasteiger partial charge on any atom is 0.373 e. The number of nitrogens with one attached hydrogen (secondary N) is 2. The molecule has 1 aromatic rings. The van der Waals surface area contributed by atoms with Gasteiger partial charge in [0.05, 0.1) is 0 Å². The summed E-state index contributed by atoms with van der Waals surface area (Å²) >= 11 is 0.